The maximum Gasteiger partial charge on any atom is 0.313 e. The number of hydrogen-bond donors (Lipinski definition) is 3. The molecule has 0 spiro atoms. The number of hydrogen-bond acceptors (Lipinski definition) is 5. The molecular weight excluding hydrogens is 398 g/mol. The summed E-state index contributed by atoms with van der Waals surface area (Å²) in [6.45, 7) is 7.39. The van der Waals surface area contributed by atoms with Crippen LogP contribution < -0.4 is 25.0 Å². The molecule has 2 aliphatic rings. The first kappa shape index (κ1) is 21.1. The van der Waals surface area contributed by atoms with Gasteiger partial charge in [0.1, 0.15) is 19.1 Å². The fourth-order valence-corrected chi connectivity index (χ4v) is 3.95. The molecule has 4 rings (SSSR count). The fraction of sp³-hybridized carbons (Fsp3) is 0.391. The van der Waals surface area contributed by atoms with Gasteiger partial charge in [0.25, 0.3) is 0 Å². The van der Waals surface area contributed by atoms with Crippen molar-refractivity contribution in [2.45, 2.75) is 19.9 Å². The second-order valence-corrected chi connectivity index (χ2v) is 7.85. The summed E-state index contributed by atoms with van der Waals surface area (Å²) in [4.78, 5) is 26.3. The SMILES string of the molecule is Cc1cccc(NC(=O)C(=O)NC[C@@H](c2ccc3c(c2)OCO3)[NH+]2CCOCC2)c1C. The normalized spacial score (nSPS) is 16.6. The van der Waals surface area contributed by atoms with Crippen LogP contribution in [0.15, 0.2) is 36.4 Å². The van der Waals surface area contributed by atoms with Gasteiger partial charge in [-0.2, -0.15) is 0 Å². The van der Waals surface area contributed by atoms with Crippen LogP contribution in [0.2, 0.25) is 0 Å². The lowest BCUT2D eigenvalue weighted by molar-refractivity contribution is -0.937. The predicted molar refractivity (Wildman–Crippen MR) is 114 cm³/mol. The number of rotatable bonds is 5. The van der Waals surface area contributed by atoms with Crippen molar-refractivity contribution in [3.63, 3.8) is 0 Å². The quantitative estimate of drug-likeness (QED) is 0.614. The second kappa shape index (κ2) is 9.36. The van der Waals surface area contributed by atoms with E-state index in [-0.39, 0.29) is 12.8 Å². The Balaban J connectivity index is 1.45. The molecule has 8 nitrogen and oxygen atoms in total. The molecule has 164 valence electrons. The van der Waals surface area contributed by atoms with Gasteiger partial charge in [0.05, 0.1) is 19.8 Å². The van der Waals surface area contributed by atoms with Gasteiger partial charge < -0.3 is 29.7 Å². The molecule has 1 fully saturated rings. The molecule has 2 aliphatic heterocycles. The van der Waals surface area contributed by atoms with Gasteiger partial charge in [0, 0.05) is 11.3 Å². The molecule has 0 radical (unpaired) electrons. The van der Waals surface area contributed by atoms with Crippen LogP contribution in [0.1, 0.15) is 22.7 Å². The summed E-state index contributed by atoms with van der Waals surface area (Å²) in [6, 6.07) is 11.4. The van der Waals surface area contributed by atoms with Crippen molar-refractivity contribution in [1.29, 1.82) is 0 Å². The van der Waals surface area contributed by atoms with E-state index in [0.29, 0.717) is 31.2 Å². The number of amides is 2. The van der Waals surface area contributed by atoms with E-state index in [1.165, 1.54) is 4.90 Å². The van der Waals surface area contributed by atoms with E-state index >= 15 is 0 Å². The highest BCUT2D eigenvalue weighted by Gasteiger charge is 2.29. The van der Waals surface area contributed by atoms with E-state index < -0.39 is 11.8 Å². The number of morpholine rings is 1. The van der Waals surface area contributed by atoms with Crippen LogP contribution in [0.3, 0.4) is 0 Å². The molecule has 0 saturated carbocycles. The van der Waals surface area contributed by atoms with Gasteiger partial charge in [-0.1, -0.05) is 12.1 Å². The van der Waals surface area contributed by atoms with Gasteiger partial charge in [0.15, 0.2) is 11.5 Å². The molecule has 2 aromatic rings. The standard InChI is InChI=1S/C23H27N3O5/c1-15-4-3-5-18(16(15)2)25-23(28)22(27)24-13-19(26-8-10-29-11-9-26)17-6-7-20-21(12-17)31-14-30-20/h3-7,12,19H,8-11,13-14H2,1-2H3,(H,24,27)(H,25,28)/p+1/t19-/m0/s1. The van der Waals surface area contributed by atoms with Gasteiger partial charge in [0.2, 0.25) is 6.79 Å². The smallest absolute Gasteiger partial charge is 0.313 e. The molecular formula is C23H28N3O5+. The van der Waals surface area contributed by atoms with Crippen molar-refractivity contribution in [2.75, 3.05) is 45.0 Å². The molecule has 8 heteroatoms. The van der Waals surface area contributed by atoms with Crippen molar-refractivity contribution in [3.8, 4) is 11.5 Å². The molecule has 0 unspecified atom stereocenters. The average molecular weight is 426 g/mol. The highest BCUT2D eigenvalue weighted by atomic mass is 16.7. The van der Waals surface area contributed by atoms with Crippen LogP contribution in [0.25, 0.3) is 0 Å². The summed E-state index contributed by atoms with van der Waals surface area (Å²) in [5.41, 5.74) is 3.67. The first-order chi connectivity index (χ1) is 15.0. The Morgan fingerprint density at radius 1 is 1.03 bits per heavy atom. The minimum atomic E-state index is -0.671. The second-order valence-electron chi connectivity index (χ2n) is 7.85. The molecule has 1 atom stereocenters. The van der Waals surface area contributed by atoms with Gasteiger partial charge in [-0.15, -0.1) is 0 Å². The molecule has 1 saturated heterocycles. The van der Waals surface area contributed by atoms with Crippen molar-refractivity contribution in [2.24, 2.45) is 0 Å². The van der Waals surface area contributed by atoms with E-state index in [2.05, 4.69) is 10.6 Å². The third-order valence-electron chi connectivity index (χ3n) is 5.95. The largest absolute Gasteiger partial charge is 0.454 e. The number of quaternary nitrogens is 1. The van der Waals surface area contributed by atoms with Crippen LogP contribution in [0, 0.1) is 13.8 Å². The third-order valence-corrected chi connectivity index (χ3v) is 5.95. The first-order valence-corrected chi connectivity index (χ1v) is 10.5. The highest BCUT2D eigenvalue weighted by molar-refractivity contribution is 6.39. The third kappa shape index (κ3) is 4.81. The lowest BCUT2D eigenvalue weighted by Crippen LogP contribution is -3.15. The number of fused-ring (bicyclic) bond motifs is 1. The van der Waals surface area contributed by atoms with Gasteiger partial charge >= 0.3 is 11.8 Å². The number of carbonyl (C=O) groups excluding carboxylic acids is 2. The Morgan fingerprint density at radius 3 is 2.61 bits per heavy atom. The molecule has 2 aromatic carbocycles. The number of anilines is 1. The van der Waals surface area contributed by atoms with Gasteiger partial charge in [-0.25, -0.2) is 0 Å². The molecule has 0 bridgehead atoms. The summed E-state index contributed by atoms with van der Waals surface area (Å²) in [5, 5.41) is 5.53. The van der Waals surface area contributed by atoms with Crippen LogP contribution in [0.4, 0.5) is 5.69 Å². The summed E-state index contributed by atoms with van der Waals surface area (Å²) >= 11 is 0. The Morgan fingerprint density at radius 2 is 1.81 bits per heavy atom. The summed E-state index contributed by atoms with van der Waals surface area (Å²) in [6.07, 6.45) is 0. The molecule has 3 N–H and O–H groups in total. The lowest BCUT2D eigenvalue weighted by atomic mass is 10.0. The van der Waals surface area contributed by atoms with E-state index in [9.17, 15) is 9.59 Å². The Kier molecular flexibility index (Phi) is 6.39. The van der Waals surface area contributed by atoms with Gasteiger partial charge in [-0.3, -0.25) is 9.59 Å². The zero-order chi connectivity index (χ0) is 21.8. The van der Waals surface area contributed by atoms with Crippen LogP contribution >= 0.6 is 0 Å². The van der Waals surface area contributed by atoms with Crippen molar-refractivity contribution < 1.29 is 28.7 Å². The van der Waals surface area contributed by atoms with Crippen molar-refractivity contribution >= 4 is 17.5 Å². The minimum Gasteiger partial charge on any atom is -0.454 e. The van der Waals surface area contributed by atoms with Crippen LogP contribution in [-0.4, -0.2) is 51.5 Å². The van der Waals surface area contributed by atoms with E-state index in [4.69, 9.17) is 14.2 Å². The number of carbonyl (C=O) groups is 2. The van der Waals surface area contributed by atoms with E-state index in [1.807, 2.05) is 44.2 Å². The number of nitrogens with one attached hydrogen (secondary N) is 3. The Labute approximate surface area is 181 Å². The van der Waals surface area contributed by atoms with Crippen molar-refractivity contribution in [1.82, 2.24) is 5.32 Å². The number of aryl methyl sites for hydroxylation is 1. The number of ether oxygens (including phenoxy) is 3. The average Bonchev–Trinajstić information content (AvgIpc) is 3.25. The molecule has 0 aromatic heterocycles. The molecule has 0 aliphatic carbocycles. The molecule has 31 heavy (non-hydrogen) atoms. The Bertz CT molecular complexity index is 972. The summed E-state index contributed by atoms with van der Waals surface area (Å²) in [7, 11) is 0. The van der Waals surface area contributed by atoms with Crippen LogP contribution in [0.5, 0.6) is 11.5 Å². The van der Waals surface area contributed by atoms with Crippen LogP contribution in [-0.2, 0) is 14.3 Å². The van der Waals surface area contributed by atoms with Gasteiger partial charge in [-0.05, 0) is 49.2 Å². The Hall–Kier alpha value is -3.10. The monoisotopic (exact) mass is 426 g/mol. The maximum absolute atomic E-state index is 12.5. The summed E-state index contributed by atoms with van der Waals surface area (Å²) in [5.74, 6) is 0.0972. The molecule has 2 amide bonds. The van der Waals surface area contributed by atoms with E-state index in [0.717, 1.165) is 35.5 Å². The zero-order valence-electron chi connectivity index (χ0n) is 17.8. The first-order valence-electron chi connectivity index (χ1n) is 10.5. The minimum absolute atomic E-state index is 0.0316. The maximum atomic E-state index is 12.5. The topological polar surface area (TPSA) is 90.3 Å². The fourth-order valence-electron chi connectivity index (χ4n) is 3.95. The lowest BCUT2D eigenvalue weighted by Gasteiger charge is -2.32. The molecule has 2 heterocycles. The predicted octanol–water partition coefficient (Wildman–Crippen LogP) is 0.743. The summed E-state index contributed by atoms with van der Waals surface area (Å²) < 4.78 is 16.4. The zero-order valence-corrected chi connectivity index (χ0v) is 17.8. The number of benzene rings is 2. The van der Waals surface area contributed by atoms with E-state index in [1.54, 1.807) is 6.07 Å². The highest BCUT2D eigenvalue weighted by Crippen LogP contribution is 2.33. The van der Waals surface area contributed by atoms with Crippen molar-refractivity contribution in [3.05, 3.63) is 53.1 Å².